The zero-order valence-electron chi connectivity index (χ0n) is 30.0. The first-order valence-corrected chi connectivity index (χ1v) is 17.8. The number of nitrogens with zero attached hydrogens (tertiary/aromatic N) is 5. The minimum atomic E-state index is 0.0481. The van der Waals surface area contributed by atoms with Crippen LogP contribution >= 0.6 is 0 Å². The number of benzene rings is 5. The summed E-state index contributed by atoms with van der Waals surface area (Å²) >= 11 is 0. The number of anilines is 6. The molecule has 6 heteroatoms. The predicted molar refractivity (Wildman–Crippen MR) is 214 cm³/mol. The molecular formula is C45H40BN5. The normalized spacial score (nSPS) is 13.6. The molecule has 0 saturated heterocycles. The van der Waals surface area contributed by atoms with Gasteiger partial charge in [0, 0.05) is 58.3 Å². The van der Waals surface area contributed by atoms with Crippen molar-refractivity contribution in [1.29, 1.82) is 0 Å². The van der Waals surface area contributed by atoms with Gasteiger partial charge in [-0.2, -0.15) is 0 Å². The number of para-hydroxylation sites is 2. The van der Waals surface area contributed by atoms with Crippen molar-refractivity contribution in [3.63, 3.8) is 0 Å². The summed E-state index contributed by atoms with van der Waals surface area (Å²) in [6.45, 7) is 13.6. The van der Waals surface area contributed by atoms with Crippen LogP contribution in [0.1, 0.15) is 52.7 Å². The number of aromatic nitrogens is 3. The Kier molecular flexibility index (Phi) is 6.98. The molecule has 7 aromatic rings. The van der Waals surface area contributed by atoms with E-state index in [1.54, 1.807) is 12.4 Å². The smallest absolute Gasteiger partial charge is 0.252 e. The molecule has 2 aliphatic rings. The predicted octanol–water partition coefficient (Wildman–Crippen LogP) is 9.37. The average Bonchev–Trinajstić information content (AvgIpc) is 3.13. The van der Waals surface area contributed by atoms with E-state index in [4.69, 9.17) is 9.97 Å². The molecule has 0 spiro atoms. The molecule has 0 N–H and O–H groups in total. The van der Waals surface area contributed by atoms with E-state index in [0.717, 1.165) is 45.0 Å². The third-order valence-electron chi connectivity index (χ3n) is 10.5. The molecule has 0 amide bonds. The molecular weight excluding hydrogens is 621 g/mol. The van der Waals surface area contributed by atoms with Crippen molar-refractivity contribution in [2.75, 3.05) is 9.80 Å². The molecule has 0 aliphatic carbocycles. The molecule has 0 atom stereocenters. The van der Waals surface area contributed by atoms with Crippen molar-refractivity contribution >= 4 is 68.3 Å². The average molecular weight is 662 g/mol. The second-order valence-electron chi connectivity index (χ2n) is 15.8. The Balaban J connectivity index is 1.37. The lowest BCUT2D eigenvalue weighted by Gasteiger charge is -2.44. The molecule has 2 aromatic heterocycles. The van der Waals surface area contributed by atoms with E-state index in [1.807, 2.05) is 12.3 Å². The van der Waals surface area contributed by atoms with E-state index >= 15 is 0 Å². The Labute approximate surface area is 300 Å². The van der Waals surface area contributed by atoms with E-state index in [2.05, 4.69) is 166 Å². The van der Waals surface area contributed by atoms with Crippen LogP contribution in [0.5, 0.6) is 0 Å². The minimum absolute atomic E-state index is 0.0481. The lowest BCUT2D eigenvalue weighted by Crippen LogP contribution is -2.61. The molecule has 9 rings (SSSR count). The molecule has 0 bridgehead atoms. The second-order valence-corrected chi connectivity index (χ2v) is 15.8. The highest BCUT2D eigenvalue weighted by molar-refractivity contribution is 7.00. The van der Waals surface area contributed by atoms with Gasteiger partial charge in [-0.25, -0.2) is 0 Å². The lowest BCUT2D eigenvalue weighted by molar-refractivity contribution is 0.590. The molecule has 4 heterocycles. The number of hydrogen-bond acceptors (Lipinski definition) is 5. The Morgan fingerprint density at radius 3 is 1.49 bits per heavy atom. The highest BCUT2D eigenvalue weighted by Gasteiger charge is 2.43. The maximum absolute atomic E-state index is 4.96. The van der Waals surface area contributed by atoms with E-state index < -0.39 is 0 Å². The standard InChI is InChI=1S/C45H40BN5/c1-44(2,3)30-15-19-32(20-16-30)50-37-13-9-7-11-34(37)46-35-12-8-10-14-38(35)51(33-21-17-31(18-22-33)45(4,5)6)40-28-29(27-39(50)41(40)46)42-43-36(23-24-48-42)47-25-26-49-43/h7-28H,1-6H3. The summed E-state index contributed by atoms with van der Waals surface area (Å²) in [5.41, 5.74) is 16.9. The van der Waals surface area contributed by atoms with Gasteiger partial charge in [-0.3, -0.25) is 15.0 Å². The number of rotatable bonds is 3. The van der Waals surface area contributed by atoms with Gasteiger partial charge in [0.15, 0.2) is 0 Å². The summed E-state index contributed by atoms with van der Waals surface area (Å²) in [5.74, 6) is 0. The first-order chi connectivity index (χ1) is 24.6. The molecule has 2 aliphatic heterocycles. The molecule has 0 saturated carbocycles. The summed E-state index contributed by atoms with van der Waals surface area (Å²) in [6, 6.07) is 42.6. The Morgan fingerprint density at radius 2 is 0.980 bits per heavy atom. The van der Waals surface area contributed by atoms with Gasteiger partial charge in [-0.05, 0) is 92.9 Å². The SMILES string of the molecule is CC(C)(C)c1ccc(N2c3ccccc3B3c4ccccc4N(c4ccc(C(C)(C)C)cc4)c4cc(-c5nccc6nccnc56)cc2c43)cc1. The first-order valence-electron chi connectivity index (χ1n) is 17.8. The zero-order chi connectivity index (χ0) is 35.1. The van der Waals surface area contributed by atoms with Crippen molar-refractivity contribution in [2.24, 2.45) is 0 Å². The van der Waals surface area contributed by atoms with Gasteiger partial charge in [0.25, 0.3) is 6.71 Å². The topological polar surface area (TPSA) is 45.2 Å². The van der Waals surface area contributed by atoms with Crippen molar-refractivity contribution in [3.05, 3.63) is 145 Å². The van der Waals surface area contributed by atoms with Crippen LogP contribution in [0.4, 0.5) is 34.1 Å². The maximum atomic E-state index is 4.96. The van der Waals surface area contributed by atoms with Crippen LogP contribution in [-0.4, -0.2) is 21.7 Å². The zero-order valence-corrected chi connectivity index (χ0v) is 30.0. The fraction of sp³-hybridized carbons (Fsp3) is 0.178. The molecule has 248 valence electrons. The van der Waals surface area contributed by atoms with Crippen LogP contribution in [0, 0.1) is 0 Å². The summed E-state index contributed by atoms with van der Waals surface area (Å²) < 4.78 is 0. The van der Waals surface area contributed by atoms with Crippen LogP contribution < -0.4 is 26.2 Å². The Bertz CT molecular complexity index is 2320. The van der Waals surface area contributed by atoms with Crippen molar-refractivity contribution < 1.29 is 0 Å². The van der Waals surface area contributed by atoms with Gasteiger partial charge < -0.3 is 9.80 Å². The Hall–Kier alpha value is -5.75. The van der Waals surface area contributed by atoms with Gasteiger partial charge in [0.2, 0.25) is 0 Å². The van der Waals surface area contributed by atoms with E-state index in [9.17, 15) is 0 Å². The van der Waals surface area contributed by atoms with Crippen LogP contribution in [0.2, 0.25) is 0 Å². The summed E-state index contributed by atoms with van der Waals surface area (Å²) in [4.78, 5) is 19.3. The second kappa shape index (κ2) is 11.4. The van der Waals surface area contributed by atoms with Gasteiger partial charge in [0.05, 0.1) is 11.2 Å². The summed E-state index contributed by atoms with van der Waals surface area (Å²) in [7, 11) is 0. The largest absolute Gasteiger partial charge is 0.311 e. The maximum Gasteiger partial charge on any atom is 0.252 e. The number of pyridine rings is 1. The van der Waals surface area contributed by atoms with Gasteiger partial charge in [-0.15, -0.1) is 0 Å². The third kappa shape index (κ3) is 5.04. The van der Waals surface area contributed by atoms with Crippen LogP contribution in [-0.2, 0) is 10.8 Å². The first kappa shape index (κ1) is 31.3. The quantitative estimate of drug-likeness (QED) is 0.177. The molecule has 5 aromatic carbocycles. The lowest BCUT2D eigenvalue weighted by atomic mass is 9.33. The Morgan fingerprint density at radius 1 is 0.490 bits per heavy atom. The van der Waals surface area contributed by atoms with E-state index in [-0.39, 0.29) is 17.5 Å². The molecule has 51 heavy (non-hydrogen) atoms. The van der Waals surface area contributed by atoms with E-state index in [0.29, 0.717) is 0 Å². The van der Waals surface area contributed by atoms with Gasteiger partial charge in [0.1, 0.15) is 5.52 Å². The minimum Gasteiger partial charge on any atom is -0.311 e. The van der Waals surface area contributed by atoms with Crippen molar-refractivity contribution in [3.8, 4) is 11.3 Å². The molecule has 0 radical (unpaired) electrons. The molecule has 0 fully saturated rings. The van der Waals surface area contributed by atoms with Crippen molar-refractivity contribution in [1.82, 2.24) is 15.0 Å². The molecule has 5 nitrogen and oxygen atoms in total. The van der Waals surface area contributed by atoms with Crippen LogP contribution in [0.25, 0.3) is 22.3 Å². The van der Waals surface area contributed by atoms with Gasteiger partial charge >= 0.3 is 0 Å². The highest BCUT2D eigenvalue weighted by Crippen LogP contribution is 2.46. The molecule has 0 unspecified atom stereocenters. The summed E-state index contributed by atoms with van der Waals surface area (Å²) in [6.07, 6.45) is 5.34. The van der Waals surface area contributed by atoms with Crippen molar-refractivity contribution in [2.45, 2.75) is 52.4 Å². The monoisotopic (exact) mass is 661 g/mol. The van der Waals surface area contributed by atoms with E-state index in [1.165, 1.54) is 38.9 Å². The number of fused-ring (bicyclic) bond motifs is 5. The van der Waals surface area contributed by atoms with Crippen LogP contribution in [0.3, 0.4) is 0 Å². The fourth-order valence-electron chi connectivity index (χ4n) is 7.92. The van der Waals surface area contributed by atoms with Gasteiger partial charge in [-0.1, -0.05) is 102 Å². The summed E-state index contributed by atoms with van der Waals surface area (Å²) in [5, 5.41) is 0. The third-order valence-corrected chi connectivity index (χ3v) is 10.5. The highest BCUT2D eigenvalue weighted by atomic mass is 15.2. The fourth-order valence-corrected chi connectivity index (χ4v) is 7.92. The number of hydrogen-bond donors (Lipinski definition) is 0. The van der Waals surface area contributed by atoms with Crippen LogP contribution in [0.15, 0.2) is 134 Å².